The molecule has 3 rings (SSSR count). The second-order valence-corrected chi connectivity index (χ2v) is 6.43. The van der Waals surface area contributed by atoms with E-state index >= 15 is 0 Å². The Kier molecular flexibility index (Phi) is 3.91. The van der Waals surface area contributed by atoms with E-state index in [0.29, 0.717) is 18.1 Å². The van der Waals surface area contributed by atoms with Crippen LogP contribution in [0.4, 0.5) is 10.6 Å². The molecule has 3 heterocycles. The quantitative estimate of drug-likeness (QED) is 0.905. The summed E-state index contributed by atoms with van der Waals surface area (Å²) in [6, 6.07) is 2.17. The second kappa shape index (κ2) is 5.59. The van der Waals surface area contributed by atoms with Gasteiger partial charge in [0, 0.05) is 26.2 Å². The highest BCUT2D eigenvalue weighted by molar-refractivity contribution is 6.31. The van der Waals surface area contributed by atoms with Crippen LogP contribution in [-0.4, -0.2) is 53.4 Å². The summed E-state index contributed by atoms with van der Waals surface area (Å²) < 4.78 is 5.34. The third-order valence-corrected chi connectivity index (χ3v) is 4.86. The van der Waals surface area contributed by atoms with Gasteiger partial charge in [-0.2, -0.15) is 0 Å². The molecule has 0 spiro atoms. The second-order valence-electron chi connectivity index (χ2n) is 6.02. The van der Waals surface area contributed by atoms with Crippen molar-refractivity contribution in [1.82, 2.24) is 9.88 Å². The molecule has 22 heavy (non-hydrogen) atoms. The number of carboxylic acid groups (broad SMARTS) is 1. The smallest absolute Gasteiger partial charge is 0.407 e. The molecule has 1 aromatic rings. The molecule has 2 aliphatic heterocycles. The van der Waals surface area contributed by atoms with Crippen molar-refractivity contribution in [3.05, 3.63) is 22.3 Å². The first-order valence-corrected chi connectivity index (χ1v) is 7.78. The number of amides is 1. The molecule has 1 amide bonds. The number of rotatable bonds is 2. The minimum absolute atomic E-state index is 0.0930. The normalized spacial score (nSPS) is 24.9. The first-order chi connectivity index (χ1) is 10.4. The van der Waals surface area contributed by atoms with Gasteiger partial charge in [-0.05, 0) is 31.9 Å². The molecule has 1 fully saturated rings. The van der Waals surface area contributed by atoms with Gasteiger partial charge in [-0.3, -0.25) is 0 Å². The largest absolute Gasteiger partial charge is 0.465 e. The Labute approximate surface area is 134 Å². The van der Waals surface area contributed by atoms with Crippen LogP contribution in [0.15, 0.2) is 6.07 Å². The lowest BCUT2D eigenvalue weighted by molar-refractivity contribution is 0.116. The summed E-state index contributed by atoms with van der Waals surface area (Å²) in [5, 5.41) is 9.85. The Morgan fingerprint density at radius 1 is 1.55 bits per heavy atom. The number of fused-ring (bicyclic) bond motifs is 3. The number of halogens is 1. The highest BCUT2D eigenvalue weighted by Crippen LogP contribution is 2.38. The fourth-order valence-corrected chi connectivity index (χ4v) is 3.77. The Balaban J connectivity index is 1.96. The van der Waals surface area contributed by atoms with Crippen molar-refractivity contribution in [2.75, 3.05) is 25.1 Å². The summed E-state index contributed by atoms with van der Waals surface area (Å²) in [7, 11) is 1.63. The van der Waals surface area contributed by atoms with Crippen LogP contribution in [0.1, 0.15) is 31.2 Å². The number of aromatic nitrogens is 1. The van der Waals surface area contributed by atoms with Gasteiger partial charge in [0.1, 0.15) is 5.82 Å². The molecular formula is C15H20ClN3O3. The van der Waals surface area contributed by atoms with Gasteiger partial charge in [0.05, 0.1) is 22.9 Å². The summed E-state index contributed by atoms with van der Waals surface area (Å²) in [6.45, 7) is 4.94. The van der Waals surface area contributed by atoms with Crippen molar-refractivity contribution in [3.63, 3.8) is 0 Å². The van der Waals surface area contributed by atoms with Gasteiger partial charge in [0.15, 0.2) is 0 Å². The zero-order valence-corrected chi connectivity index (χ0v) is 13.7. The first kappa shape index (κ1) is 15.4. The predicted octanol–water partition coefficient (Wildman–Crippen LogP) is 2.56. The van der Waals surface area contributed by atoms with Gasteiger partial charge >= 0.3 is 6.09 Å². The first-order valence-electron chi connectivity index (χ1n) is 7.40. The van der Waals surface area contributed by atoms with E-state index in [0.717, 1.165) is 23.5 Å². The van der Waals surface area contributed by atoms with Crippen molar-refractivity contribution in [1.29, 1.82) is 0 Å². The van der Waals surface area contributed by atoms with E-state index < -0.39 is 6.09 Å². The number of anilines is 1. The maximum atomic E-state index is 11.3. The number of hydrogen-bond donors (Lipinski definition) is 1. The average Bonchev–Trinajstić information content (AvgIpc) is 2.82. The van der Waals surface area contributed by atoms with E-state index in [9.17, 15) is 9.90 Å². The van der Waals surface area contributed by atoms with Gasteiger partial charge in [-0.25, -0.2) is 9.78 Å². The van der Waals surface area contributed by atoms with Crippen LogP contribution >= 0.6 is 11.6 Å². The number of nitrogens with zero attached hydrogens (tertiary/aromatic N) is 3. The minimum atomic E-state index is -0.859. The van der Waals surface area contributed by atoms with Crippen LogP contribution in [0.25, 0.3) is 0 Å². The van der Waals surface area contributed by atoms with Crippen molar-refractivity contribution in [2.45, 2.75) is 38.5 Å². The maximum absolute atomic E-state index is 11.3. The molecule has 3 atom stereocenters. The number of ether oxygens (including phenoxy) is 1. The average molecular weight is 326 g/mol. The van der Waals surface area contributed by atoms with E-state index in [1.807, 2.05) is 19.9 Å². The third kappa shape index (κ3) is 2.40. The van der Waals surface area contributed by atoms with Crippen LogP contribution in [0.2, 0.25) is 5.02 Å². The van der Waals surface area contributed by atoms with E-state index in [1.54, 1.807) is 7.11 Å². The highest BCUT2D eigenvalue weighted by Gasteiger charge is 2.41. The Hall–Kier alpha value is -1.53. The Morgan fingerprint density at radius 3 is 2.91 bits per heavy atom. The molecule has 1 saturated heterocycles. The molecule has 7 heteroatoms. The summed E-state index contributed by atoms with van der Waals surface area (Å²) in [4.78, 5) is 19.7. The number of piperazine rings is 1. The molecule has 0 bridgehead atoms. The van der Waals surface area contributed by atoms with E-state index in [1.165, 1.54) is 4.90 Å². The van der Waals surface area contributed by atoms with E-state index in [-0.39, 0.29) is 18.2 Å². The molecule has 6 nitrogen and oxygen atoms in total. The lowest BCUT2D eigenvalue weighted by Crippen LogP contribution is -2.58. The van der Waals surface area contributed by atoms with Crippen molar-refractivity contribution < 1.29 is 14.6 Å². The lowest BCUT2D eigenvalue weighted by Gasteiger charge is -2.42. The molecule has 0 saturated carbocycles. The van der Waals surface area contributed by atoms with E-state index in [4.69, 9.17) is 21.3 Å². The third-order valence-electron chi connectivity index (χ3n) is 4.55. The molecule has 0 radical (unpaired) electrons. The SMILES string of the molecule is CO[C@@H](C)c1nc2c(cc1Cl)C[C@@H]1CN(C(=O)O)C[C@@H](C)N21. The van der Waals surface area contributed by atoms with Crippen LogP contribution in [-0.2, 0) is 11.2 Å². The van der Waals surface area contributed by atoms with Crippen LogP contribution in [0.5, 0.6) is 0 Å². The minimum Gasteiger partial charge on any atom is -0.465 e. The fourth-order valence-electron chi connectivity index (χ4n) is 3.44. The number of carbonyl (C=O) groups is 1. The number of methoxy groups -OCH3 is 1. The van der Waals surface area contributed by atoms with Gasteiger partial charge in [-0.1, -0.05) is 11.6 Å². The van der Waals surface area contributed by atoms with Gasteiger partial charge < -0.3 is 19.6 Å². The Bertz CT molecular complexity index is 610. The molecule has 1 N–H and O–H groups in total. The molecular weight excluding hydrogens is 306 g/mol. The molecule has 120 valence electrons. The topological polar surface area (TPSA) is 65.9 Å². The zero-order chi connectivity index (χ0) is 16.0. The molecule has 0 aliphatic carbocycles. The van der Waals surface area contributed by atoms with Crippen molar-refractivity contribution >= 4 is 23.5 Å². The van der Waals surface area contributed by atoms with Crippen molar-refractivity contribution in [2.24, 2.45) is 0 Å². The molecule has 1 aromatic heterocycles. The summed E-state index contributed by atoms with van der Waals surface area (Å²) in [5.41, 5.74) is 1.82. The number of hydrogen-bond acceptors (Lipinski definition) is 4. The van der Waals surface area contributed by atoms with Gasteiger partial charge in [0.2, 0.25) is 0 Å². The van der Waals surface area contributed by atoms with Crippen LogP contribution in [0.3, 0.4) is 0 Å². The monoisotopic (exact) mass is 325 g/mol. The van der Waals surface area contributed by atoms with Crippen LogP contribution < -0.4 is 4.90 Å². The summed E-state index contributed by atoms with van der Waals surface area (Å²) >= 11 is 6.33. The molecule has 2 aliphatic rings. The zero-order valence-electron chi connectivity index (χ0n) is 12.9. The molecule has 0 aromatic carbocycles. The Morgan fingerprint density at radius 2 is 2.27 bits per heavy atom. The van der Waals surface area contributed by atoms with Gasteiger partial charge in [0.25, 0.3) is 0 Å². The highest BCUT2D eigenvalue weighted by atomic mass is 35.5. The number of pyridine rings is 1. The van der Waals surface area contributed by atoms with Crippen LogP contribution in [0, 0.1) is 0 Å². The van der Waals surface area contributed by atoms with Crippen molar-refractivity contribution in [3.8, 4) is 0 Å². The fraction of sp³-hybridized carbons (Fsp3) is 0.600. The standard InChI is InChI=1S/C15H20ClN3O3/c1-8-6-18(15(20)21)7-11-4-10-5-12(16)13(9(2)22-3)17-14(10)19(8)11/h5,8-9,11H,4,6-7H2,1-3H3,(H,20,21)/t8-,9+,11-/m1/s1. The molecule has 0 unspecified atom stereocenters. The maximum Gasteiger partial charge on any atom is 0.407 e. The summed E-state index contributed by atoms with van der Waals surface area (Å²) in [6.07, 6.45) is -0.257. The van der Waals surface area contributed by atoms with E-state index in [2.05, 4.69) is 4.90 Å². The predicted molar refractivity (Wildman–Crippen MR) is 83.7 cm³/mol. The summed E-state index contributed by atoms with van der Waals surface area (Å²) in [5.74, 6) is 0.922. The lowest BCUT2D eigenvalue weighted by atomic mass is 10.1. The van der Waals surface area contributed by atoms with Gasteiger partial charge in [-0.15, -0.1) is 0 Å².